The Morgan fingerprint density at radius 2 is 2.12 bits per heavy atom. The monoisotopic (exact) mass is 365 g/mol. The molecule has 130 valence electrons. The Bertz CT molecular complexity index is 806. The van der Waals surface area contributed by atoms with Crippen LogP contribution in [0.5, 0.6) is 0 Å². The van der Waals surface area contributed by atoms with E-state index in [4.69, 9.17) is 0 Å². The Morgan fingerprint density at radius 3 is 2.83 bits per heavy atom. The van der Waals surface area contributed by atoms with Gasteiger partial charge in [0.1, 0.15) is 10.7 Å². The lowest BCUT2D eigenvalue weighted by Crippen LogP contribution is -2.37. The van der Waals surface area contributed by atoms with Crippen LogP contribution < -0.4 is 10.9 Å². The van der Waals surface area contributed by atoms with Crippen LogP contribution in [0, 0.1) is 13.8 Å². The first-order valence-electron chi connectivity index (χ1n) is 8.36. The number of fused-ring (bicyclic) bond motifs is 1. The van der Waals surface area contributed by atoms with Gasteiger partial charge in [-0.2, -0.15) is 0 Å². The summed E-state index contributed by atoms with van der Waals surface area (Å²) in [5.41, 5.74) is 0.924. The number of aromatic nitrogens is 2. The molecule has 1 saturated carbocycles. The molecule has 1 amide bonds. The first-order valence-corrected chi connectivity index (χ1v) is 10.2. The first kappa shape index (κ1) is 17.5. The van der Waals surface area contributed by atoms with Crippen LogP contribution in [0.25, 0.3) is 10.2 Å². The highest BCUT2D eigenvalue weighted by atomic mass is 32.2. The second-order valence-electron chi connectivity index (χ2n) is 6.42. The van der Waals surface area contributed by atoms with E-state index < -0.39 is 0 Å². The molecule has 1 aliphatic rings. The summed E-state index contributed by atoms with van der Waals surface area (Å²) < 4.78 is 0. The van der Waals surface area contributed by atoms with Crippen molar-refractivity contribution >= 4 is 39.2 Å². The molecule has 1 atom stereocenters. The number of carbonyl (C=O) groups is 1. The molecule has 0 saturated heterocycles. The molecule has 5 nitrogen and oxygen atoms in total. The van der Waals surface area contributed by atoms with Gasteiger partial charge in [-0.25, -0.2) is 4.98 Å². The molecule has 24 heavy (non-hydrogen) atoms. The zero-order valence-electron chi connectivity index (χ0n) is 14.3. The summed E-state index contributed by atoms with van der Waals surface area (Å²) in [6.45, 7) is 5.87. The van der Waals surface area contributed by atoms with E-state index in [0.29, 0.717) is 23.0 Å². The van der Waals surface area contributed by atoms with Gasteiger partial charge in [-0.3, -0.25) is 9.59 Å². The number of thiophene rings is 1. The van der Waals surface area contributed by atoms with Crippen molar-refractivity contribution in [1.29, 1.82) is 0 Å². The van der Waals surface area contributed by atoms with Crippen LogP contribution >= 0.6 is 23.1 Å². The van der Waals surface area contributed by atoms with Crippen molar-refractivity contribution < 1.29 is 4.79 Å². The molecule has 7 heteroatoms. The van der Waals surface area contributed by atoms with Gasteiger partial charge in [0.25, 0.3) is 5.56 Å². The van der Waals surface area contributed by atoms with Crippen molar-refractivity contribution in [3.63, 3.8) is 0 Å². The van der Waals surface area contributed by atoms with Crippen molar-refractivity contribution in [2.24, 2.45) is 0 Å². The maximum Gasteiger partial charge on any atom is 0.259 e. The molecule has 2 N–H and O–H groups in total. The second-order valence-corrected chi connectivity index (χ2v) is 8.95. The Hall–Kier alpha value is -1.34. The van der Waals surface area contributed by atoms with Gasteiger partial charge < -0.3 is 10.3 Å². The molecule has 2 aromatic heterocycles. The first-order chi connectivity index (χ1) is 11.5. The molecular formula is C17H23N3O2S2. The molecule has 0 bridgehead atoms. The summed E-state index contributed by atoms with van der Waals surface area (Å²) in [7, 11) is 0. The highest BCUT2D eigenvalue weighted by molar-refractivity contribution is 7.99. The highest BCUT2D eigenvalue weighted by Crippen LogP contribution is 2.26. The van der Waals surface area contributed by atoms with Gasteiger partial charge >= 0.3 is 0 Å². The number of nitrogens with zero attached hydrogens (tertiary/aromatic N) is 1. The summed E-state index contributed by atoms with van der Waals surface area (Å²) >= 11 is 3.06. The van der Waals surface area contributed by atoms with Crippen LogP contribution in [-0.4, -0.2) is 27.2 Å². The highest BCUT2D eigenvalue weighted by Gasteiger charge is 2.21. The summed E-state index contributed by atoms with van der Waals surface area (Å²) in [5, 5.41) is 3.66. The molecule has 0 aliphatic heterocycles. The maximum absolute atomic E-state index is 12.3. The third-order valence-electron chi connectivity index (χ3n) is 4.63. The molecule has 2 aromatic rings. The van der Waals surface area contributed by atoms with Crippen LogP contribution in [-0.2, 0) is 10.5 Å². The van der Waals surface area contributed by atoms with Crippen molar-refractivity contribution in [2.75, 3.05) is 0 Å². The average molecular weight is 366 g/mol. The molecule has 0 unspecified atom stereocenters. The van der Waals surface area contributed by atoms with Crippen molar-refractivity contribution in [2.45, 2.75) is 63.5 Å². The van der Waals surface area contributed by atoms with Gasteiger partial charge in [-0.1, -0.05) is 12.8 Å². The minimum Gasteiger partial charge on any atom is -0.352 e. The van der Waals surface area contributed by atoms with Crippen LogP contribution in [0.3, 0.4) is 0 Å². The standard InChI is InChI=1S/C17H23N3O2S2/c1-9-10(2)24-17-14(9)16(22)19-13(20-17)8-23-11(3)15(21)18-12-6-4-5-7-12/h11-12H,4-8H2,1-3H3,(H,18,21)(H,19,20,22)/t11-/m1/s1. The van der Waals surface area contributed by atoms with Crippen molar-refractivity contribution in [3.8, 4) is 0 Å². The van der Waals surface area contributed by atoms with Crippen molar-refractivity contribution in [3.05, 3.63) is 26.6 Å². The third kappa shape index (κ3) is 3.67. The Balaban J connectivity index is 1.64. The van der Waals surface area contributed by atoms with E-state index in [1.807, 2.05) is 20.8 Å². The fourth-order valence-corrected chi connectivity index (χ4v) is 4.85. The number of rotatable bonds is 5. The Labute approximate surface area is 149 Å². The minimum atomic E-state index is -0.154. The van der Waals surface area contributed by atoms with E-state index in [0.717, 1.165) is 28.1 Å². The number of hydrogen-bond acceptors (Lipinski definition) is 5. The smallest absolute Gasteiger partial charge is 0.259 e. The summed E-state index contributed by atoms with van der Waals surface area (Å²) in [6.07, 6.45) is 4.59. The Morgan fingerprint density at radius 1 is 1.42 bits per heavy atom. The number of aryl methyl sites for hydroxylation is 2. The fraction of sp³-hybridized carbons (Fsp3) is 0.588. The van der Waals surface area contributed by atoms with Gasteiger partial charge in [0.15, 0.2) is 0 Å². The predicted molar refractivity (Wildman–Crippen MR) is 101 cm³/mol. The fourth-order valence-electron chi connectivity index (χ4n) is 3.04. The van der Waals surface area contributed by atoms with E-state index >= 15 is 0 Å². The number of amides is 1. The number of hydrogen-bond donors (Lipinski definition) is 2. The lowest BCUT2D eigenvalue weighted by atomic mass is 10.2. The quantitative estimate of drug-likeness (QED) is 0.853. The zero-order chi connectivity index (χ0) is 17.3. The second kappa shape index (κ2) is 7.27. The Kier molecular flexibility index (Phi) is 5.30. The predicted octanol–water partition coefficient (Wildman–Crippen LogP) is 3.28. The minimum absolute atomic E-state index is 0.0816. The lowest BCUT2D eigenvalue weighted by molar-refractivity contribution is -0.120. The van der Waals surface area contributed by atoms with E-state index in [-0.39, 0.29) is 16.7 Å². The lowest BCUT2D eigenvalue weighted by Gasteiger charge is -2.16. The molecule has 3 rings (SSSR count). The van der Waals surface area contributed by atoms with Gasteiger partial charge in [0.05, 0.1) is 16.4 Å². The molecule has 0 radical (unpaired) electrons. The van der Waals surface area contributed by atoms with E-state index in [9.17, 15) is 9.59 Å². The number of aromatic amines is 1. The maximum atomic E-state index is 12.3. The van der Waals surface area contributed by atoms with Crippen LogP contribution in [0.2, 0.25) is 0 Å². The van der Waals surface area contributed by atoms with Crippen LogP contribution in [0.15, 0.2) is 4.79 Å². The number of thioether (sulfide) groups is 1. The van der Waals surface area contributed by atoms with Gasteiger partial charge in [-0.05, 0) is 39.2 Å². The summed E-state index contributed by atoms with van der Waals surface area (Å²) in [5.74, 6) is 1.25. The van der Waals surface area contributed by atoms with Gasteiger partial charge in [0.2, 0.25) is 5.91 Å². The molecule has 1 aliphatic carbocycles. The van der Waals surface area contributed by atoms with Gasteiger partial charge in [-0.15, -0.1) is 23.1 Å². The SMILES string of the molecule is Cc1sc2nc(CS[C@H](C)C(=O)NC3CCCC3)[nH]c(=O)c2c1C. The molecule has 2 heterocycles. The summed E-state index contributed by atoms with van der Waals surface area (Å²) in [4.78, 5) is 33.8. The normalized spacial score (nSPS) is 16.6. The number of H-pyrrole nitrogens is 1. The molecule has 1 fully saturated rings. The molecular weight excluding hydrogens is 342 g/mol. The van der Waals surface area contributed by atoms with E-state index in [2.05, 4.69) is 15.3 Å². The average Bonchev–Trinajstić information content (AvgIpc) is 3.13. The van der Waals surface area contributed by atoms with E-state index in [1.165, 1.54) is 24.6 Å². The topological polar surface area (TPSA) is 74.8 Å². The van der Waals surface area contributed by atoms with Crippen LogP contribution in [0.4, 0.5) is 0 Å². The molecule has 0 aromatic carbocycles. The van der Waals surface area contributed by atoms with Crippen molar-refractivity contribution in [1.82, 2.24) is 15.3 Å². The molecule has 0 spiro atoms. The van der Waals surface area contributed by atoms with E-state index in [1.54, 1.807) is 11.3 Å². The zero-order valence-corrected chi connectivity index (χ0v) is 15.9. The summed E-state index contributed by atoms with van der Waals surface area (Å²) in [6, 6.07) is 0.340. The van der Waals surface area contributed by atoms with Gasteiger partial charge in [0, 0.05) is 10.9 Å². The number of carbonyl (C=O) groups excluding carboxylic acids is 1. The third-order valence-corrected chi connectivity index (χ3v) is 6.88. The van der Waals surface area contributed by atoms with Crippen LogP contribution in [0.1, 0.15) is 48.9 Å². The number of nitrogens with one attached hydrogen (secondary N) is 2. The largest absolute Gasteiger partial charge is 0.352 e.